The van der Waals surface area contributed by atoms with Crippen LogP contribution in [0.5, 0.6) is 0 Å². The zero-order valence-electron chi connectivity index (χ0n) is 13.8. The Morgan fingerprint density at radius 3 is 2.26 bits per heavy atom. The summed E-state index contributed by atoms with van der Waals surface area (Å²) in [5, 5.41) is 9.53. The predicted molar refractivity (Wildman–Crippen MR) is 90.8 cm³/mol. The molecular formula is C17H29ClN2O3. The number of carbonyl (C=O) groups excluding carboxylic acids is 1. The molecule has 0 spiro atoms. The fourth-order valence-electron chi connectivity index (χ4n) is 4.60. The zero-order valence-corrected chi connectivity index (χ0v) is 14.6. The van der Waals surface area contributed by atoms with Gasteiger partial charge in [0, 0.05) is 19.1 Å². The topological polar surface area (TPSA) is 60.9 Å². The van der Waals surface area contributed by atoms with Crippen molar-refractivity contribution in [1.29, 1.82) is 0 Å². The fourth-order valence-corrected chi connectivity index (χ4v) is 4.60. The van der Waals surface area contributed by atoms with E-state index in [-0.39, 0.29) is 18.3 Å². The van der Waals surface area contributed by atoms with Crippen molar-refractivity contribution in [3.8, 4) is 0 Å². The van der Waals surface area contributed by atoms with E-state index < -0.39 is 12.0 Å². The lowest BCUT2D eigenvalue weighted by molar-refractivity contribution is -0.144. The minimum Gasteiger partial charge on any atom is -0.480 e. The van der Waals surface area contributed by atoms with E-state index in [1.807, 2.05) is 9.80 Å². The number of hydrogen-bond acceptors (Lipinski definition) is 3. The van der Waals surface area contributed by atoms with Gasteiger partial charge >= 0.3 is 5.97 Å². The minimum atomic E-state index is -0.752. The molecule has 0 bridgehead atoms. The van der Waals surface area contributed by atoms with Gasteiger partial charge in [0.15, 0.2) is 0 Å². The van der Waals surface area contributed by atoms with Crippen LogP contribution in [0.2, 0.25) is 0 Å². The highest BCUT2D eigenvalue weighted by Gasteiger charge is 2.46. The first-order valence-corrected chi connectivity index (χ1v) is 8.93. The van der Waals surface area contributed by atoms with E-state index in [4.69, 9.17) is 0 Å². The van der Waals surface area contributed by atoms with Crippen molar-refractivity contribution in [2.24, 2.45) is 5.92 Å². The van der Waals surface area contributed by atoms with Crippen molar-refractivity contribution in [2.75, 3.05) is 19.6 Å². The van der Waals surface area contributed by atoms with Gasteiger partial charge in [0.2, 0.25) is 5.91 Å². The number of halogens is 1. The van der Waals surface area contributed by atoms with Gasteiger partial charge in [-0.1, -0.05) is 25.7 Å². The number of rotatable bonds is 3. The molecule has 2 aliphatic heterocycles. The molecule has 6 heteroatoms. The van der Waals surface area contributed by atoms with Gasteiger partial charge in [0.05, 0.1) is 6.54 Å². The lowest BCUT2D eigenvalue weighted by atomic mass is 9.85. The van der Waals surface area contributed by atoms with E-state index in [1.165, 1.54) is 25.7 Å². The third-order valence-electron chi connectivity index (χ3n) is 5.78. The van der Waals surface area contributed by atoms with Crippen LogP contribution in [-0.2, 0) is 9.59 Å². The largest absolute Gasteiger partial charge is 0.480 e. The van der Waals surface area contributed by atoms with Crippen molar-refractivity contribution in [1.82, 2.24) is 9.80 Å². The van der Waals surface area contributed by atoms with Crippen LogP contribution in [0.15, 0.2) is 0 Å². The van der Waals surface area contributed by atoms with Crippen molar-refractivity contribution in [2.45, 2.75) is 69.9 Å². The maximum absolute atomic E-state index is 12.6. The monoisotopic (exact) mass is 344 g/mol. The Balaban J connectivity index is 0.00000192. The Hall–Kier alpha value is -0.810. The summed E-state index contributed by atoms with van der Waals surface area (Å²) < 4.78 is 0. The Morgan fingerprint density at radius 2 is 1.61 bits per heavy atom. The van der Waals surface area contributed by atoms with E-state index >= 15 is 0 Å². The normalized spacial score (nSPS) is 31.8. The fraction of sp³-hybridized carbons (Fsp3) is 0.882. The van der Waals surface area contributed by atoms with E-state index in [0.29, 0.717) is 18.5 Å². The molecule has 1 aliphatic carbocycles. The molecule has 0 aromatic rings. The standard InChI is InChI=1S/C17H28N2O3.ClH/c20-16(18-9-5-1-2-6-10-18)12-19-14-8-4-3-7-13(14)11-15(19)17(21)22;/h13-15H,1-12H2,(H,21,22);1H. The van der Waals surface area contributed by atoms with Gasteiger partial charge in [-0.25, -0.2) is 0 Å². The van der Waals surface area contributed by atoms with Gasteiger partial charge in [-0.3, -0.25) is 14.5 Å². The van der Waals surface area contributed by atoms with E-state index in [1.54, 1.807) is 0 Å². The molecule has 3 atom stereocenters. The summed E-state index contributed by atoms with van der Waals surface area (Å²) in [6.07, 6.45) is 9.87. The van der Waals surface area contributed by atoms with Crippen LogP contribution >= 0.6 is 12.4 Å². The Labute approximate surface area is 144 Å². The second-order valence-electron chi connectivity index (χ2n) is 7.17. The van der Waals surface area contributed by atoms with E-state index in [2.05, 4.69) is 0 Å². The first-order valence-electron chi connectivity index (χ1n) is 8.93. The van der Waals surface area contributed by atoms with Gasteiger partial charge in [0.25, 0.3) is 0 Å². The highest BCUT2D eigenvalue weighted by Crippen LogP contribution is 2.39. The molecule has 3 unspecified atom stereocenters. The van der Waals surface area contributed by atoms with Gasteiger partial charge in [-0.2, -0.15) is 0 Å². The second kappa shape index (κ2) is 8.34. The molecular weight excluding hydrogens is 316 g/mol. The highest BCUT2D eigenvalue weighted by atomic mass is 35.5. The average molecular weight is 345 g/mol. The van der Waals surface area contributed by atoms with Crippen LogP contribution in [0.25, 0.3) is 0 Å². The number of nitrogens with zero attached hydrogens (tertiary/aromatic N) is 2. The summed E-state index contributed by atoms with van der Waals surface area (Å²) >= 11 is 0. The summed E-state index contributed by atoms with van der Waals surface area (Å²) in [4.78, 5) is 28.2. The maximum atomic E-state index is 12.6. The van der Waals surface area contributed by atoms with Gasteiger partial charge in [-0.15, -0.1) is 12.4 Å². The Kier molecular flexibility index (Phi) is 6.72. The van der Waals surface area contributed by atoms with E-state index in [9.17, 15) is 14.7 Å². The van der Waals surface area contributed by atoms with Gasteiger partial charge in [-0.05, 0) is 38.0 Å². The summed E-state index contributed by atoms with van der Waals surface area (Å²) in [7, 11) is 0. The van der Waals surface area contributed by atoms with Gasteiger partial charge in [0.1, 0.15) is 6.04 Å². The number of carboxylic acid groups (broad SMARTS) is 1. The quantitative estimate of drug-likeness (QED) is 0.854. The van der Waals surface area contributed by atoms with Crippen LogP contribution in [0.4, 0.5) is 0 Å². The number of likely N-dealkylation sites (tertiary alicyclic amines) is 2. The number of fused-ring (bicyclic) bond motifs is 1. The number of carbonyl (C=O) groups is 2. The lowest BCUT2D eigenvalue weighted by Crippen LogP contribution is -2.48. The predicted octanol–water partition coefficient (Wildman–Crippen LogP) is 2.53. The third kappa shape index (κ3) is 4.18. The summed E-state index contributed by atoms with van der Waals surface area (Å²) in [5.74, 6) is -0.135. The van der Waals surface area contributed by atoms with Crippen molar-refractivity contribution < 1.29 is 14.7 Å². The molecule has 1 N–H and O–H groups in total. The third-order valence-corrected chi connectivity index (χ3v) is 5.78. The smallest absolute Gasteiger partial charge is 0.320 e. The van der Waals surface area contributed by atoms with Gasteiger partial charge < -0.3 is 10.0 Å². The van der Waals surface area contributed by atoms with Crippen molar-refractivity contribution in [3.63, 3.8) is 0 Å². The molecule has 1 saturated carbocycles. The molecule has 132 valence electrons. The molecule has 5 nitrogen and oxygen atoms in total. The summed E-state index contributed by atoms with van der Waals surface area (Å²) in [6.45, 7) is 2.00. The van der Waals surface area contributed by atoms with Crippen LogP contribution in [0, 0.1) is 5.92 Å². The van der Waals surface area contributed by atoms with E-state index in [0.717, 1.165) is 45.2 Å². The molecule has 2 heterocycles. The first kappa shape index (κ1) is 18.5. The molecule has 3 aliphatic rings. The maximum Gasteiger partial charge on any atom is 0.320 e. The second-order valence-corrected chi connectivity index (χ2v) is 7.17. The first-order chi connectivity index (χ1) is 10.7. The molecule has 0 aromatic heterocycles. The zero-order chi connectivity index (χ0) is 15.5. The molecule has 23 heavy (non-hydrogen) atoms. The molecule has 1 amide bonds. The van der Waals surface area contributed by atoms with Crippen LogP contribution in [-0.4, -0.2) is 58.5 Å². The molecule has 0 aromatic carbocycles. The number of aliphatic carboxylic acids is 1. The highest BCUT2D eigenvalue weighted by molar-refractivity contribution is 5.85. The van der Waals surface area contributed by atoms with Crippen LogP contribution in [0.1, 0.15) is 57.8 Å². The average Bonchev–Trinajstić information content (AvgIpc) is 2.70. The number of hydrogen-bond donors (Lipinski definition) is 1. The number of carboxylic acids is 1. The number of amides is 1. The SMILES string of the molecule is Cl.O=C(O)C1CC2CCCCC2N1CC(=O)N1CCCCCC1. The molecule has 3 fully saturated rings. The molecule has 2 saturated heterocycles. The summed E-state index contributed by atoms with van der Waals surface area (Å²) in [5.41, 5.74) is 0. The molecule has 3 rings (SSSR count). The van der Waals surface area contributed by atoms with Crippen LogP contribution < -0.4 is 0 Å². The van der Waals surface area contributed by atoms with Crippen molar-refractivity contribution in [3.05, 3.63) is 0 Å². The Morgan fingerprint density at radius 1 is 0.957 bits per heavy atom. The minimum absolute atomic E-state index is 0. The lowest BCUT2D eigenvalue weighted by Gasteiger charge is -2.33. The van der Waals surface area contributed by atoms with Crippen molar-refractivity contribution >= 4 is 24.3 Å². The molecule has 0 radical (unpaired) electrons. The summed E-state index contributed by atoms with van der Waals surface area (Å²) in [6, 6.07) is -0.144. The Bertz CT molecular complexity index is 424. The van der Waals surface area contributed by atoms with Crippen LogP contribution in [0.3, 0.4) is 0 Å².